The lowest BCUT2D eigenvalue weighted by atomic mass is 10.2. The zero-order chi connectivity index (χ0) is 28.0. The fourth-order valence-corrected chi connectivity index (χ4v) is 4.57. The minimum absolute atomic E-state index is 0.0531. The fourth-order valence-electron chi connectivity index (χ4n) is 2.77. The summed E-state index contributed by atoms with van der Waals surface area (Å²) in [5, 5.41) is 40.8. The molecule has 204 valence electrons. The third kappa shape index (κ3) is 8.22. The van der Waals surface area contributed by atoms with Crippen molar-refractivity contribution in [2.24, 2.45) is 0 Å². The van der Waals surface area contributed by atoms with Gasteiger partial charge in [0.05, 0.1) is 34.0 Å². The standard InChI is InChI=1S/C19H23N3O13S2/c1-36(2,8-7-33-17-5-3-4-6-18(17)34-12-14(24)11-23)35-22(29)16-10-13(20(25)26)9-15(21(27)28)19(16)37(30,31)32/h3-6,9-10,14,23-24H,7-8,11-12H2,1-2H3/p+1. The second-order valence-corrected chi connectivity index (χ2v) is 12.5. The second-order valence-electron chi connectivity index (χ2n) is 7.72. The van der Waals surface area contributed by atoms with Crippen molar-refractivity contribution >= 4 is 37.5 Å². The Hall–Kier alpha value is -3.58. The van der Waals surface area contributed by atoms with Crippen LogP contribution < -0.4 is 9.47 Å². The van der Waals surface area contributed by atoms with Crippen molar-refractivity contribution < 1.29 is 51.7 Å². The quantitative estimate of drug-likeness (QED) is 0.169. The average molecular weight is 567 g/mol. The van der Waals surface area contributed by atoms with Crippen molar-refractivity contribution in [1.82, 2.24) is 0 Å². The molecule has 0 spiro atoms. The zero-order valence-electron chi connectivity index (χ0n) is 19.5. The summed E-state index contributed by atoms with van der Waals surface area (Å²) in [6, 6.07) is 7.13. The highest BCUT2D eigenvalue weighted by atomic mass is 32.3. The Morgan fingerprint density at radius 3 is 2.05 bits per heavy atom. The summed E-state index contributed by atoms with van der Waals surface area (Å²) in [6.07, 6.45) is 1.84. The molecule has 0 radical (unpaired) electrons. The molecule has 2 aromatic rings. The highest BCUT2D eigenvalue weighted by Gasteiger charge is 2.42. The second kappa shape index (κ2) is 12.1. The summed E-state index contributed by atoms with van der Waals surface area (Å²) in [6.45, 7) is -0.761. The van der Waals surface area contributed by atoms with E-state index in [0.717, 1.165) is 0 Å². The van der Waals surface area contributed by atoms with E-state index < -0.39 is 69.9 Å². The maximum atomic E-state index is 12.7. The van der Waals surface area contributed by atoms with E-state index in [1.807, 2.05) is 0 Å². The van der Waals surface area contributed by atoms with Gasteiger partial charge in [-0.2, -0.15) is 12.7 Å². The maximum absolute atomic E-state index is 12.7. The number of rotatable bonds is 14. The lowest BCUT2D eigenvalue weighted by molar-refractivity contribution is -0.698. The van der Waals surface area contributed by atoms with Gasteiger partial charge in [-0.25, -0.2) is 0 Å². The number of hydrogen-bond donors (Lipinski definition) is 3. The maximum Gasteiger partial charge on any atom is 0.352 e. The summed E-state index contributed by atoms with van der Waals surface area (Å²) in [5.74, 6) is 0.582. The summed E-state index contributed by atoms with van der Waals surface area (Å²) in [5.41, 5.74) is -3.50. The zero-order valence-corrected chi connectivity index (χ0v) is 21.1. The van der Waals surface area contributed by atoms with Crippen molar-refractivity contribution in [3.05, 3.63) is 61.5 Å². The van der Waals surface area contributed by atoms with Gasteiger partial charge in [0, 0.05) is 18.3 Å². The molecule has 18 heteroatoms. The van der Waals surface area contributed by atoms with Crippen molar-refractivity contribution in [2.45, 2.75) is 11.0 Å². The van der Waals surface area contributed by atoms with Crippen LogP contribution in [0.2, 0.25) is 0 Å². The van der Waals surface area contributed by atoms with E-state index in [1.54, 1.807) is 24.3 Å². The van der Waals surface area contributed by atoms with Gasteiger partial charge >= 0.3 is 21.5 Å². The first-order chi connectivity index (χ1) is 17.2. The lowest BCUT2D eigenvalue weighted by Crippen LogP contribution is -2.21. The van der Waals surface area contributed by atoms with Crippen molar-refractivity contribution in [2.75, 3.05) is 38.1 Å². The number of hydrogen-bond acceptors (Lipinski definition) is 12. The number of benzene rings is 2. The molecule has 2 rings (SSSR count). The van der Waals surface area contributed by atoms with Gasteiger partial charge in [0.1, 0.15) is 18.8 Å². The minimum atomic E-state index is -5.37. The Kier molecular flexibility index (Phi) is 9.70. The third-order valence-electron chi connectivity index (χ3n) is 4.49. The monoisotopic (exact) mass is 566 g/mol. The summed E-state index contributed by atoms with van der Waals surface area (Å²) < 4.78 is 49.4. The average Bonchev–Trinajstić information content (AvgIpc) is 2.81. The number of ether oxygens (including phenoxy) is 2. The molecule has 16 nitrogen and oxygen atoms in total. The Labute approximate surface area is 211 Å². The summed E-state index contributed by atoms with van der Waals surface area (Å²) in [4.78, 5) is 30.9. The van der Waals surface area contributed by atoms with E-state index in [1.165, 1.54) is 12.5 Å². The number of nitro benzene ring substituents is 2. The molecule has 0 aliphatic heterocycles. The van der Waals surface area contributed by atoms with Crippen LogP contribution in [0.3, 0.4) is 0 Å². The van der Waals surface area contributed by atoms with E-state index in [2.05, 4.69) is 0 Å². The first-order valence-corrected chi connectivity index (χ1v) is 14.1. The molecular weight excluding hydrogens is 542 g/mol. The summed E-state index contributed by atoms with van der Waals surface area (Å²) >= 11 is 0. The molecular formula is C19H24N3O13S2+. The topological polar surface area (TPSA) is 229 Å². The molecule has 1 unspecified atom stereocenters. The Morgan fingerprint density at radius 2 is 1.54 bits per heavy atom. The van der Waals surface area contributed by atoms with E-state index in [-0.39, 0.29) is 30.5 Å². The van der Waals surface area contributed by atoms with Crippen LogP contribution in [0.1, 0.15) is 0 Å². The Morgan fingerprint density at radius 1 is 0.973 bits per heavy atom. The first kappa shape index (κ1) is 29.6. The number of nitro groups is 2. The van der Waals surface area contributed by atoms with Crippen LogP contribution in [0.4, 0.5) is 17.1 Å². The van der Waals surface area contributed by atoms with Crippen LogP contribution in [-0.4, -0.2) is 82.1 Å². The van der Waals surface area contributed by atoms with Gasteiger partial charge in [0.25, 0.3) is 15.5 Å². The molecule has 0 aliphatic carbocycles. The molecule has 0 fully saturated rings. The molecule has 0 aromatic heterocycles. The van der Waals surface area contributed by atoms with Crippen molar-refractivity contribution in [1.29, 1.82) is 0 Å². The number of aliphatic hydroxyl groups is 2. The molecule has 3 N–H and O–H groups in total. The molecule has 0 aliphatic rings. The van der Waals surface area contributed by atoms with Gasteiger partial charge in [0.15, 0.2) is 11.5 Å². The van der Waals surface area contributed by atoms with Crippen LogP contribution in [0.25, 0.3) is 0 Å². The molecule has 0 amide bonds. The minimum Gasteiger partial charge on any atom is -0.489 e. The molecule has 37 heavy (non-hydrogen) atoms. The van der Waals surface area contributed by atoms with Crippen LogP contribution in [0.5, 0.6) is 11.5 Å². The van der Waals surface area contributed by atoms with Crippen LogP contribution in [-0.2, 0) is 14.4 Å². The van der Waals surface area contributed by atoms with Gasteiger partial charge < -0.3 is 19.7 Å². The van der Waals surface area contributed by atoms with Crippen LogP contribution >= 0.6 is 10.3 Å². The first-order valence-electron chi connectivity index (χ1n) is 10.1. The number of nitrogens with zero attached hydrogens (tertiary/aromatic N) is 3. The fraction of sp³-hybridized carbons (Fsp3) is 0.368. The Bertz CT molecular complexity index is 1280. The van der Waals surface area contributed by atoms with Gasteiger partial charge in [0.2, 0.25) is 0 Å². The number of para-hydroxylation sites is 2. The largest absolute Gasteiger partial charge is 0.489 e. The third-order valence-corrected chi connectivity index (χ3v) is 7.11. The highest BCUT2D eigenvalue weighted by Crippen LogP contribution is 2.45. The number of non-ortho nitro benzene ring substituents is 1. The van der Waals surface area contributed by atoms with E-state index >= 15 is 0 Å². The van der Waals surface area contributed by atoms with Crippen LogP contribution in [0, 0.1) is 25.1 Å². The Balaban J connectivity index is 2.23. The molecule has 0 saturated carbocycles. The van der Waals surface area contributed by atoms with Gasteiger partial charge in [-0.15, -0.1) is 0 Å². The molecule has 0 saturated heterocycles. The SMILES string of the molecule is CS(C)(CCOc1ccccc1OCC(O)CO)O[N+](=O)c1cc([N+](=O)[O-])cc([N+](=O)[O-])c1S(=O)(=O)O. The molecule has 0 heterocycles. The lowest BCUT2D eigenvalue weighted by Gasteiger charge is -2.23. The smallest absolute Gasteiger partial charge is 0.352 e. The predicted molar refractivity (Wildman–Crippen MR) is 129 cm³/mol. The van der Waals surface area contributed by atoms with E-state index in [9.17, 15) is 43.2 Å². The molecule has 1 atom stereocenters. The predicted octanol–water partition coefficient (Wildman–Crippen LogP) is 1.88. The van der Waals surface area contributed by atoms with Gasteiger partial charge in [-0.05, 0) is 22.4 Å². The highest BCUT2D eigenvalue weighted by molar-refractivity contribution is 8.28. The van der Waals surface area contributed by atoms with Crippen molar-refractivity contribution in [3.63, 3.8) is 0 Å². The normalized spacial score (nSPS) is 12.9. The summed E-state index contributed by atoms with van der Waals surface area (Å²) in [7, 11) is -7.78. The van der Waals surface area contributed by atoms with E-state index in [4.69, 9.17) is 18.9 Å². The van der Waals surface area contributed by atoms with Crippen LogP contribution in [0.15, 0.2) is 41.3 Å². The van der Waals surface area contributed by atoms with E-state index in [0.29, 0.717) is 12.1 Å². The number of aliphatic hydroxyl groups excluding tert-OH is 2. The van der Waals surface area contributed by atoms with Crippen molar-refractivity contribution in [3.8, 4) is 11.5 Å². The van der Waals surface area contributed by atoms with Gasteiger partial charge in [-0.1, -0.05) is 12.1 Å². The molecule has 0 bridgehead atoms. The van der Waals surface area contributed by atoms with Gasteiger partial charge in [-0.3, -0.25) is 24.8 Å². The molecule has 2 aromatic carbocycles.